The highest BCUT2D eigenvalue weighted by atomic mass is 15.5. The Kier molecular flexibility index (Phi) is 2.23. The summed E-state index contributed by atoms with van der Waals surface area (Å²) in [6.07, 6.45) is 9.16. The predicted octanol–water partition coefficient (Wildman–Crippen LogP) is 2.34. The lowest BCUT2D eigenvalue weighted by Crippen LogP contribution is -2.46. The van der Waals surface area contributed by atoms with E-state index in [9.17, 15) is 0 Å². The van der Waals surface area contributed by atoms with Crippen molar-refractivity contribution in [1.29, 1.82) is 5.26 Å². The third kappa shape index (κ3) is 1.50. The Morgan fingerprint density at radius 3 is 2.44 bits per heavy atom. The maximum Gasteiger partial charge on any atom is 0.0967 e. The van der Waals surface area contributed by atoms with E-state index in [2.05, 4.69) is 16.3 Å². The molecule has 4 heteroatoms. The second kappa shape index (κ2) is 3.81. The summed E-state index contributed by atoms with van der Waals surface area (Å²) in [6.45, 7) is 0. The van der Waals surface area contributed by atoms with Crippen LogP contribution >= 0.6 is 0 Å². The third-order valence-corrected chi connectivity index (χ3v) is 5.26. The van der Waals surface area contributed by atoms with E-state index in [1.165, 1.54) is 32.1 Å². The first-order valence-corrected chi connectivity index (χ1v) is 7.11. The second-order valence-electron chi connectivity index (χ2n) is 6.41. The molecule has 1 heterocycles. The van der Waals surface area contributed by atoms with Gasteiger partial charge in [0, 0.05) is 0 Å². The minimum Gasteiger partial charge on any atom is -0.198 e. The van der Waals surface area contributed by atoms with Crippen LogP contribution in [0.2, 0.25) is 0 Å². The average molecular weight is 242 g/mol. The summed E-state index contributed by atoms with van der Waals surface area (Å²) in [5.41, 5.74) is 0.825. The zero-order valence-corrected chi connectivity index (χ0v) is 10.5. The molecule has 4 bridgehead atoms. The van der Waals surface area contributed by atoms with Gasteiger partial charge in [-0.2, -0.15) is 20.3 Å². The van der Waals surface area contributed by atoms with Crippen molar-refractivity contribution in [2.45, 2.75) is 44.6 Å². The van der Waals surface area contributed by atoms with Crippen LogP contribution in [0, 0.1) is 35.0 Å². The zero-order chi connectivity index (χ0) is 12.1. The molecular weight excluding hydrogens is 224 g/mol. The Bertz CT molecular complexity index is 470. The lowest BCUT2D eigenvalue weighted by atomic mass is 9.54. The maximum atomic E-state index is 8.71. The van der Waals surface area contributed by atoms with Crippen LogP contribution in [0.15, 0.2) is 6.20 Å². The molecule has 0 aromatic carbocycles. The first-order valence-electron chi connectivity index (χ1n) is 7.11. The van der Waals surface area contributed by atoms with Gasteiger partial charge in [-0.25, -0.2) is 0 Å². The van der Waals surface area contributed by atoms with Gasteiger partial charge in [0.25, 0.3) is 0 Å². The minimum atomic E-state index is 0.382. The number of rotatable bonds is 2. The zero-order valence-electron chi connectivity index (χ0n) is 10.5. The van der Waals surface area contributed by atoms with Gasteiger partial charge in [0.1, 0.15) is 0 Å². The van der Waals surface area contributed by atoms with Crippen LogP contribution in [-0.4, -0.2) is 15.0 Å². The van der Waals surface area contributed by atoms with Gasteiger partial charge in [-0.1, -0.05) is 0 Å². The quantitative estimate of drug-likeness (QED) is 0.799. The van der Waals surface area contributed by atoms with Gasteiger partial charge in [-0.3, -0.25) is 0 Å². The number of nitriles is 1. The van der Waals surface area contributed by atoms with Crippen molar-refractivity contribution in [3.8, 4) is 6.07 Å². The van der Waals surface area contributed by atoms with Gasteiger partial charge >= 0.3 is 0 Å². The van der Waals surface area contributed by atoms with E-state index in [4.69, 9.17) is 5.26 Å². The molecule has 4 nitrogen and oxygen atoms in total. The van der Waals surface area contributed by atoms with Crippen molar-refractivity contribution in [3.05, 3.63) is 11.9 Å². The molecular formula is C14H18N4. The summed E-state index contributed by atoms with van der Waals surface area (Å²) in [6, 6.07) is 2.67. The molecule has 4 fully saturated rings. The molecule has 1 aromatic rings. The largest absolute Gasteiger partial charge is 0.198 e. The fourth-order valence-corrected chi connectivity index (χ4v) is 4.89. The molecule has 0 N–H and O–H groups in total. The van der Waals surface area contributed by atoms with Crippen LogP contribution in [-0.2, 0) is 6.42 Å². The highest BCUT2D eigenvalue weighted by molar-refractivity contribution is 5.03. The second-order valence-corrected chi connectivity index (χ2v) is 6.41. The summed E-state index contributed by atoms with van der Waals surface area (Å²) in [5.74, 6) is 3.56. The van der Waals surface area contributed by atoms with E-state index in [0.29, 0.717) is 12.5 Å². The molecule has 0 saturated heterocycles. The van der Waals surface area contributed by atoms with Crippen LogP contribution in [0.25, 0.3) is 0 Å². The van der Waals surface area contributed by atoms with Gasteiger partial charge in [0.15, 0.2) is 0 Å². The Balaban J connectivity index is 1.62. The molecule has 5 rings (SSSR count). The van der Waals surface area contributed by atoms with E-state index < -0.39 is 0 Å². The van der Waals surface area contributed by atoms with Crippen LogP contribution in [0.1, 0.15) is 43.8 Å². The molecule has 0 aliphatic heterocycles. The topological polar surface area (TPSA) is 54.5 Å². The van der Waals surface area contributed by atoms with Crippen LogP contribution in [0.3, 0.4) is 0 Å². The van der Waals surface area contributed by atoms with Crippen LogP contribution < -0.4 is 0 Å². The Hall–Kier alpha value is -1.37. The standard InChI is InChI=1S/C14H18N4/c15-2-1-13-8-16-18(17-13)14-11-4-9-3-10(6-11)7-12(14)5-9/h8-12,14H,1,3-7H2. The summed E-state index contributed by atoms with van der Waals surface area (Å²) in [7, 11) is 0. The summed E-state index contributed by atoms with van der Waals surface area (Å²) in [5, 5.41) is 17.7. The molecule has 0 unspecified atom stereocenters. The normalized spacial score (nSPS) is 40.9. The molecule has 0 amide bonds. The molecule has 18 heavy (non-hydrogen) atoms. The summed E-state index contributed by atoms with van der Waals surface area (Å²) < 4.78 is 0. The van der Waals surface area contributed by atoms with Crippen molar-refractivity contribution >= 4 is 0 Å². The van der Waals surface area contributed by atoms with E-state index in [0.717, 1.165) is 29.4 Å². The van der Waals surface area contributed by atoms with E-state index in [1.807, 2.05) is 4.80 Å². The van der Waals surface area contributed by atoms with Gasteiger partial charge in [-0.15, -0.1) is 0 Å². The van der Waals surface area contributed by atoms with Crippen LogP contribution in [0.5, 0.6) is 0 Å². The van der Waals surface area contributed by atoms with E-state index in [1.54, 1.807) is 6.20 Å². The maximum absolute atomic E-state index is 8.71. The van der Waals surface area contributed by atoms with E-state index in [-0.39, 0.29) is 0 Å². The number of aromatic nitrogens is 3. The molecule has 0 radical (unpaired) electrons. The molecule has 4 saturated carbocycles. The average Bonchev–Trinajstić information content (AvgIpc) is 2.76. The molecule has 0 spiro atoms. The fraction of sp³-hybridized carbons (Fsp3) is 0.786. The SMILES string of the molecule is N#CCc1cnn(C2C3CC4CC(C3)CC2C4)n1. The molecule has 0 atom stereocenters. The minimum absolute atomic E-state index is 0.382. The van der Waals surface area contributed by atoms with Crippen molar-refractivity contribution in [2.75, 3.05) is 0 Å². The van der Waals surface area contributed by atoms with E-state index >= 15 is 0 Å². The highest BCUT2D eigenvalue weighted by Gasteiger charge is 2.49. The van der Waals surface area contributed by atoms with Crippen molar-refractivity contribution < 1.29 is 0 Å². The first kappa shape index (κ1) is 10.5. The van der Waals surface area contributed by atoms with Gasteiger partial charge < -0.3 is 0 Å². The molecule has 1 aromatic heterocycles. The Morgan fingerprint density at radius 1 is 1.17 bits per heavy atom. The monoisotopic (exact) mass is 242 g/mol. The number of nitrogens with zero attached hydrogens (tertiary/aromatic N) is 4. The number of hydrogen-bond acceptors (Lipinski definition) is 3. The first-order chi connectivity index (χ1) is 8.83. The number of hydrogen-bond donors (Lipinski definition) is 0. The van der Waals surface area contributed by atoms with Gasteiger partial charge in [0.05, 0.1) is 30.4 Å². The van der Waals surface area contributed by atoms with Crippen molar-refractivity contribution in [1.82, 2.24) is 15.0 Å². The fourth-order valence-electron chi connectivity index (χ4n) is 4.89. The summed E-state index contributed by atoms with van der Waals surface area (Å²) >= 11 is 0. The van der Waals surface area contributed by atoms with Gasteiger partial charge in [0.2, 0.25) is 0 Å². The molecule has 4 aliphatic rings. The van der Waals surface area contributed by atoms with Gasteiger partial charge in [-0.05, 0) is 55.8 Å². The van der Waals surface area contributed by atoms with Crippen molar-refractivity contribution in [2.24, 2.45) is 23.7 Å². The molecule has 94 valence electrons. The lowest BCUT2D eigenvalue weighted by molar-refractivity contribution is -0.0390. The third-order valence-electron chi connectivity index (χ3n) is 5.26. The Morgan fingerprint density at radius 2 is 1.83 bits per heavy atom. The molecule has 4 aliphatic carbocycles. The predicted molar refractivity (Wildman–Crippen MR) is 65.4 cm³/mol. The lowest BCUT2D eigenvalue weighted by Gasteiger charge is -2.53. The van der Waals surface area contributed by atoms with Crippen LogP contribution in [0.4, 0.5) is 0 Å². The summed E-state index contributed by atoms with van der Waals surface area (Å²) in [4.78, 5) is 1.94. The Labute approximate surface area is 107 Å². The van der Waals surface area contributed by atoms with Crippen molar-refractivity contribution in [3.63, 3.8) is 0 Å². The smallest absolute Gasteiger partial charge is 0.0967 e. The highest BCUT2D eigenvalue weighted by Crippen LogP contribution is 2.57.